The van der Waals surface area contributed by atoms with E-state index >= 15 is 8.78 Å². The molecule has 258 valence electrons. The zero-order valence-electron chi connectivity index (χ0n) is 27.4. The number of sulfonamides is 1. The Kier molecular flexibility index (Phi) is 9.10. The number of ether oxygens (including phenoxy) is 2. The number of halogens is 2. The smallest absolute Gasteiger partial charge is 0.298 e. The Morgan fingerprint density at radius 1 is 0.837 bits per heavy atom. The van der Waals surface area contributed by atoms with Crippen molar-refractivity contribution >= 4 is 26.7 Å². The van der Waals surface area contributed by atoms with Gasteiger partial charge < -0.3 is 20.1 Å². The number of hydrogen-bond acceptors (Lipinski definition) is 6. The molecular weight excluding hydrogens is 648 g/mol. The second kappa shape index (κ2) is 13.3. The normalized spacial score (nSPS) is 22.1. The third-order valence-electron chi connectivity index (χ3n) is 10.2. The van der Waals surface area contributed by atoms with Crippen LogP contribution in [0.1, 0.15) is 56.9 Å². The molecule has 0 radical (unpaired) electrons. The van der Waals surface area contributed by atoms with Crippen LogP contribution < -0.4 is 15.2 Å². The first-order valence-electron chi connectivity index (χ1n) is 17.0. The molecule has 7 rings (SSSR count). The van der Waals surface area contributed by atoms with E-state index in [4.69, 9.17) is 15.2 Å². The number of fused-ring (bicyclic) bond motifs is 3. The third kappa shape index (κ3) is 6.63. The van der Waals surface area contributed by atoms with Gasteiger partial charge in [-0.2, -0.15) is 13.1 Å². The van der Waals surface area contributed by atoms with Gasteiger partial charge >= 0.3 is 0 Å². The second-order valence-electron chi connectivity index (χ2n) is 13.5. The average molecular weight is 690 g/mol. The second-order valence-corrected chi connectivity index (χ2v) is 15.5. The number of para-hydroxylation sites is 1. The topological polar surface area (TPSA) is 102 Å². The molecular formula is C38H41F2N3O5S. The lowest BCUT2D eigenvalue weighted by Gasteiger charge is -2.42. The number of hydrogen-bond donors (Lipinski definition) is 1. The third-order valence-corrected chi connectivity index (χ3v) is 12.0. The lowest BCUT2D eigenvalue weighted by atomic mass is 9.94. The van der Waals surface area contributed by atoms with E-state index in [1.807, 2.05) is 12.1 Å². The van der Waals surface area contributed by atoms with Crippen LogP contribution in [0.4, 0.5) is 8.78 Å². The van der Waals surface area contributed by atoms with Gasteiger partial charge in [-0.15, -0.1) is 0 Å². The summed E-state index contributed by atoms with van der Waals surface area (Å²) in [5.41, 5.74) is 5.71. The molecule has 3 aliphatic rings. The fourth-order valence-electron chi connectivity index (χ4n) is 7.75. The molecule has 0 aromatic heterocycles. The van der Waals surface area contributed by atoms with Crippen LogP contribution in [0.5, 0.6) is 17.2 Å². The summed E-state index contributed by atoms with van der Waals surface area (Å²) in [4.78, 5) is 15.7. The van der Waals surface area contributed by atoms with Crippen molar-refractivity contribution < 1.29 is 31.5 Å². The van der Waals surface area contributed by atoms with Crippen LogP contribution in [0.3, 0.4) is 0 Å². The largest absolute Gasteiger partial charge is 0.490 e. The van der Waals surface area contributed by atoms with Crippen LogP contribution in [-0.4, -0.2) is 60.8 Å². The summed E-state index contributed by atoms with van der Waals surface area (Å²) in [5.74, 6) is -3.58. The van der Waals surface area contributed by atoms with Crippen LogP contribution in [0, 0.1) is 0 Å². The SMILES string of the molecule is CN(C(C(=O)N1C2CCC1CC(N)C2)C(F)(F)c1cccc(Oc2ccccc2)c1)S(=O)(=O)c1ccc2cc(OC3CCCC3)ccc2c1. The summed E-state index contributed by atoms with van der Waals surface area (Å²) in [6.07, 6.45) is 6.67. The van der Waals surface area contributed by atoms with Gasteiger partial charge in [0.15, 0.2) is 6.04 Å². The molecule has 11 heteroatoms. The summed E-state index contributed by atoms with van der Waals surface area (Å²) in [7, 11) is -3.53. The molecule has 3 fully saturated rings. The van der Waals surface area contributed by atoms with Gasteiger partial charge in [0.2, 0.25) is 15.9 Å². The molecule has 49 heavy (non-hydrogen) atoms. The van der Waals surface area contributed by atoms with Gasteiger partial charge in [-0.1, -0.05) is 42.5 Å². The van der Waals surface area contributed by atoms with Gasteiger partial charge in [0.1, 0.15) is 17.2 Å². The van der Waals surface area contributed by atoms with Crippen LogP contribution in [-0.2, 0) is 20.7 Å². The van der Waals surface area contributed by atoms with Crippen molar-refractivity contribution in [1.29, 1.82) is 0 Å². The number of nitrogens with zero attached hydrogens (tertiary/aromatic N) is 2. The van der Waals surface area contributed by atoms with E-state index in [2.05, 4.69) is 0 Å². The van der Waals surface area contributed by atoms with E-state index in [1.54, 1.807) is 42.5 Å². The Balaban J connectivity index is 1.23. The van der Waals surface area contributed by atoms with Gasteiger partial charge in [-0.25, -0.2) is 8.42 Å². The highest BCUT2D eigenvalue weighted by atomic mass is 32.2. The van der Waals surface area contributed by atoms with Crippen molar-refractivity contribution in [3.05, 3.63) is 96.6 Å². The highest BCUT2D eigenvalue weighted by molar-refractivity contribution is 7.89. The van der Waals surface area contributed by atoms with Gasteiger partial charge in [-0.3, -0.25) is 4.79 Å². The van der Waals surface area contributed by atoms with Crippen molar-refractivity contribution in [3.8, 4) is 17.2 Å². The molecule has 8 nitrogen and oxygen atoms in total. The van der Waals surface area contributed by atoms with Gasteiger partial charge in [-0.05, 0) is 111 Å². The Labute approximate surface area is 285 Å². The average Bonchev–Trinajstić information content (AvgIpc) is 3.70. The van der Waals surface area contributed by atoms with Crippen molar-refractivity contribution in [2.45, 2.75) is 92.5 Å². The molecule has 1 saturated carbocycles. The number of rotatable bonds is 10. The predicted octanol–water partition coefficient (Wildman–Crippen LogP) is 7.22. The maximum atomic E-state index is 17.0. The lowest BCUT2D eigenvalue weighted by Crippen LogP contribution is -2.61. The first-order chi connectivity index (χ1) is 23.5. The number of amides is 1. The number of carbonyl (C=O) groups excluding carboxylic acids is 1. The van der Waals surface area contributed by atoms with Gasteiger partial charge in [0.25, 0.3) is 5.92 Å². The van der Waals surface area contributed by atoms with Crippen molar-refractivity contribution in [3.63, 3.8) is 0 Å². The molecule has 1 amide bonds. The standard InChI is InChI=1S/C38H41F2N3O5S/c1-42(49(45,46)35-19-15-25-20-34(18-14-26(25)21-35)48-32-11-5-6-12-32)36(37(44)43-29-16-17-30(43)24-28(41)23-29)38(39,40)27-8-7-13-33(22-27)47-31-9-3-2-4-10-31/h2-4,7-10,13-15,18-22,28-30,32,36H,5-6,11-12,16-17,23-24,41H2,1H3. The summed E-state index contributed by atoms with van der Waals surface area (Å²) in [6, 6.07) is 20.8. The number of nitrogens with two attached hydrogens (primary N) is 1. The molecule has 2 aliphatic heterocycles. The molecule has 4 aromatic carbocycles. The Morgan fingerprint density at radius 2 is 1.49 bits per heavy atom. The Bertz CT molecular complexity index is 1920. The zero-order valence-corrected chi connectivity index (χ0v) is 28.2. The lowest BCUT2D eigenvalue weighted by molar-refractivity contribution is -0.155. The fraction of sp³-hybridized carbons (Fsp3) is 0.395. The molecule has 4 aromatic rings. The van der Waals surface area contributed by atoms with Crippen molar-refractivity contribution in [2.24, 2.45) is 5.73 Å². The minimum atomic E-state index is -4.60. The molecule has 2 heterocycles. The van der Waals surface area contributed by atoms with E-state index in [-0.39, 0.29) is 34.9 Å². The molecule has 3 unspecified atom stereocenters. The van der Waals surface area contributed by atoms with Crippen LogP contribution in [0.2, 0.25) is 0 Å². The molecule has 2 bridgehead atoms. The number of likely N-dealkylation sites (N-methyl/N-ethyl adjacent to an activating group) is 1. The Hall–Kier alpha value is -4.06. The molecule has 1 aliphatic carbocycles. The van der Waals surface area contributed by atoms with Gasteiger partial charge in [0.05, 0.1) is 11.0 Å². The predicted molar refractivity (Wildman–Crippen MR) is 183 cm³/mol. The van der Waals surface area contributed by atoms with Crippen LogP contribution >= 0.6 is 0 Å². The highest BCUT2D eigenvalue weighted by Crippen LogP contribution is 2.43. The number of carbonyl (C=O) groups is 1. The first-order valence-corrected chi connectivity index (χ1v) is 18.4. The van der Waals surface area contributed by atoms with Gasteiger partial charge in [0, 0.05) is 30.7 Å². The summed E-state index contributed by atoms with van der Waals surface area (Å²) < 4.78 is 75.1. The zero-order chi connectivity index (χ0) is 34.3. The minimum Gasteiger partial charge on any atom is -0.490 e. The number of piperidine rings is 1. The number of alkyl halides is 2. The van der Waals surface area contributed by atoms with Crippen LogP contribution in [0.15, 0.2) is 95.9 Å². The fourth-order valence-corrected chi connectivity index (χ4v) is 9.10. The summed E-state index contributed by atoms with van der Waals surface area (Å²) in [6.45, 7) is 0. The molecule has 2 saturated heterocycles. The number of benzene rings is 4. The van der Waals surface area contributed by atoms with E-state index in [0.717, 1.165) is 44.2 Å². The van der Waals surface area contributed by atoms with E-state index < -0.39 is 33.5 Å². The van der Waals surface area contributed by atoms with E-state index in [9.17, 15) is 13.2 Å². The van der Waals surface area contributed by atoms with E-state index in [1.165, 1.54) is 35.2 Å². The molecule has 3 atom stereocenters. The van der Waals surface area contributed by atoms with Crippen molar-refractivity contribution in [1.82, 2.24) is 9.21 Å². The molecule has 0 spiro atoms. The quantitative estimate of drug-likeness (QED) is 0.189. The maximum absolute atomic E-state index is 17.0. The van der Waals surface area contributed by atoms with E-state index in [0.29, 0.717) is 46.9 Å². The molecule has 2 N–H and O–H groups in total. The first kappa shape index (κ1) is 33.4. The van der Waals surface area contributed by atoms with Crippen LogP contribution in [0.25, 0.3) is 10.8 Å². The maximum Gasteiger partial charge on any atom is 0.298 e. The summed E-state index contributed by atoms with van der Waals surface area (Å²) >= 11 is 0. The summed E-state index contributed by atoms with van der Waals surface area (Å²) in [5, 5.41) is 1.36. The van der Waals surface area contributed by atoms with Crippen molar-refractivity contribution in [2.75, 3.05) is 7.05 Å². The Morgan fingerprint density at radius 3 is 2.20 bits per heavy atom. The monoisotopic (exact) mass is 689 g/mol. The minimum absolute atomic E-state index is 0.134. The highest BCUT2D eigenvalue weighted by Gasteiger charge is 2.56.